The maximum Gasteiger partial charge on any atom is 0.419 e. The summed E-state index contributed by atoms with van der Waals surface area (Å²) in [5.41, 5.74) is 6.28. The van der Waals surface area contributed by atoms with Crippen molar-refractivity contribution in [2.75, 3.05) is 57.7 Å². The number of anilines is 1. The molecule has 0 radical (unpaired) electrons. The van der Waals surface area contributed by atoms with E-state index in [1.807, 2.05) is 52.0 Å². The third-order valence-electron chi connectivity index (χ3n) is 12.0. The Balaban J connectivity index is 0.994. The van der Waals surface area contributed by atoms with Gasteiger partial charge in [-0.05, 0) is 106 Å². The van der Waals surface area contributed by atoms with Gasteiger partial charge in [-0.15, -0.1) is 0 Å². The van der Waals surface area contributed by atoms with E-state index in [4.69, 9.17) is 14.4 Å². The molecular weight excluding hydrogens is 694 g/mol. The van der Waals surface area contributed by atoms with Crippen molar-refractivity contribution in [1.29, 1.82) is 0 Å². The van der Waals surface area contributed by atoms with Crippen LogP contribution in [0.3, 0.4) is 0 Å². The second kappa shape index (κ2) is 16.2. The zero-order valence-corrected chi connectivity index (χ0v) is 31.1. The van der Waals surface area contributed by atoms with Crippen LogP contribution < -0.4 is 16.6 Å². The largest absolute Gasteiger partial charge is 0.436 e. The quantitative estimate of drug-likeness (QED) is 0.231. The molecule has 4 aliphatic rings. The molecular formula is C39H51N7O8. The van der Waals surface area contributed by atoms with Crippen LogP contribution in [0.4, 0.5) is 15.3 Å². The molecule has 7 rings (SSSR count). The summed E-state index contributed by atoms with van der Waals surface area (Å²) in [7, 11) is 1.65. The standard InChI is InChI=1S/C39H51N7O8/c1-25-21-26(22-32-35(25)42(2)38(50)53-32)23-33(36(48)44-16-9-28(10-17-44)27-7-14-43(15-8-27)24-34(47)41-52)54-39(51)45-18-12-30(13-19-45)46-20-11-29-5-3-4-6-31(29)40-37(46)49/h3-6,21-22,27-28,30,33,52H,7-20,23-24H2,1-2H3,(H,40,49)(H,41,47)/t33-/m1/s1. The molecule has 3 N–H and O–H groups in total. The molecule has 290 valence electrons. The number of aromatic nitrogens is 1. The molecule has 5 amide bonds. The average molecular weight is 746 g/mol. The Morgan fingerprint density at radius 3 is 2.30 bits per heavy atom. The third kappa shape index (κ3) is 8.11. The van der Waals surface area contributed by atoms with E-state index in [-0.39, 0.29) is 30.9 Å². The number of hydrogen-bond acceptors (Lipinski definition) is 9. The number of benzene rings is 2. The second-order valence-electron chi connectivity index (χ2n) is 15.3. The van der Waals surface area contributed by atoms with Gasteiger partial charge in [-0.2, -0.15) is 0 Å². The summed E-state index contributed by atoms with van der Waals surface area (Å²) in [6.07, 6.45) is 4.06. The highest BCUT2D eigenvalue weighted by molar-refractivity contribution is 5.91. The predicted octanol–water partition coefficient (Wildman–Crippen LogP) is 3.50. The average Bonchev–Trinajstić information content (AvgIpc) is 3.36. The molecule has 4 aliphatic heterocycles. The number of likely N-dealkylation sites (tertiary alicyclic amines) is 3. The van der Waals surface area contributed by atoms with Crippen molar-refractivity contribution >= 4 is 40.7 Å². The van der Waals surface area contributed by atoms with Gasteiger partial charge < -0.3 is 29.2 Å². The van der Waals surface area contributed by atoms with Crippen molar-refractivity contribution in [3.05, 3.63) is 63.6 Å². The van der Waals surface area contributed by atoms with Gasteiger partial charge >= 0.3 is 17.9 Å². The number of nitrogens with zero attached hydrogens (tertiary/aromatic N) is 5. The van der Waals surface area contributed by atoms with E-state index >= 15 is 0 Å². The number of nitrogens with one attached hydrogen (secondary N) is 2. The topological polar surface area (TPSA) is 170 Å². The molecule has 1 atom stereocenters. The summed E-state index contributed by atoms with van der Waals surface area (Å²) >= 11 is 0. The molecule has 0 saturated carbocycles. The van der Waals surface area contributed by atoms with E-state index in [2.05, 4.69) is 5.32 Å². The molecule has 15 nitrogen and oxygen atoms in total. The Morgan fingerprint density at radius 1 is 0.926 bits per heavy atom. The predicted molar refractivity (Wildman–Crippen MR) is 199 cm³/mol. The maximum atomic E-state index is 14.2. The summed E-state index contributed by atoms with van der Waals surface area (Å²) in [5.74, 6) is -0.166. The smallest absolute Gasteiger partial charge is 0.419 e. The Hall–Kier alpha value is -4.89. The Morgan fingerprint density at radius 2 is 1.59 bits per heavy atom. The molecule has 3 fully saturated rings. The highest BCUT2D eigenvalue weighted by Crippen LogP contribution is 2.33. The van der Waals surface area contributed by atoms with E-state index in [0.717, 1.165) is 67.6 Å². The van der Waals surface area contributed by atoms with Crippen molar-refractivity contribution in [3.8, 4) is 0 Å². The number of carbonyl (C=O) groups excluding carboxylic acids is 4. The number of para-hydroxylation sites is 1. The summed E-state index contributed by atoms with van der Waals surface area (Å²) in [4.78, 5) is 72.4. The molecule has 0 bridgehead atoms. The number of oxazole rings is 1. The minimum Gasteiger partial charge on any atom is -0.436 e. The molecule has 1 aromatic heterocycles. The molecule has 3 aromatic rings. The zero-order chi connectivity index (χ0) is 37.9. The Labute approximate surface area is 314 Å². The van der Waals surface area contributed by atoms with E-state index in [1.165, 1.54) is 4.57 Å². The van der Waals surface area contributed by atoms with E-state index in [1.54, 1.807) is 23.5 Å². The highest BCUT2D eigenvalue weighted by atomic mass is 16.6. The van der Waals surface area contributed by atoms with Crippen molar-refractivity contribution in [1.82, 2.24) is 29.6 Å². The van der Waals surface area contributed by atoms with Crippen LogP contribution in [0.5, 0.6) is 0 Å². The first-order valence-corrected chi connectivity index (χ1v) is 19.2. The first kappa shape index (κ1) is 37.4. The fraction of sp³-hybridized carbons (Fsp3) is 0.564. The number of piperidine rings is 3. The normalized spacial score (nSPS) is 20.0. The number of urea groups is 1. The summed E-state index contributed by atoms with van der Waals surface area (Å²) in [5, 5.41) is 11.9. The van der Waals surface area contributed by atoms with E-state index in [0.29, 0.717) is 68.5 Å². The molecule has 54 heavy (non-hydrogen) atoms. The molecule has 15 heteroatoms. The van der Waals surface area contributed by atoms with Gasteiger partial charge in [-0.3, -0.25) is 24.3 Å². The molecule has 0 spiro atoms. The van der Waals surface area contributed by atoms with Crippen molar-refractivity contribution < 1.29 is 33.5 Å². The summed E-state index contributed by atoms with van der Waals surface area (Å²) in [6.45, 7) is 6.16. The number of aryl methyl sites for hydroxylation is 2. The van der Waals surface area contributed by atoms with Gasteiger partial charge in [0.2, 0.25) is 0 Å². The fourth-order valence-corrected chi connectivity index (χ4v) is 9.00. The van der Waals surface area contributed by atoms with Gasteiger partial charge in [0.15, 0.2) is 11.7 Å². The van der Waals surface area contributed by atoms with E-state index < -0.39 is 23.9 Å². The second-order valence-corrected chi connectivity index (χ2v) is 15.3. The number of hydrogen-bond donors (Lipinski definition) is 3. The van der Waals surface area contributed by atoms with Crippen molar-refractivity contribution in [2.45, 2.75) is 70.4 Å². The van der Waals surface area contributed by atoms with Gasteiger partial charge in [0.1, 0.15) is 0 Å². The van der Waals surface area contributed by atoms with Crippen LogP contribution in [0, 0.1) is 18.8 Å². The SMILES string of the molecule is Cc1cc(C[C@@H](OC(=O)N2CCC(N3CCc4ccccc4NC3=O)CC2)C(=O)N2CCC(C3CCN(CC(=O)NO)CC3)CC2)cc2oc(=O)n(C)c12. The maximum absolute atomic E-state index is 14.2. The Bertz CT molecular complexity index is 1920. The molecule has 2 aromatic carbocycles. The number of hydroxylamine groups is 1. The number of amides is 5. The summed E-state index contributed by atoms with van der Waals surface area (Å²) < 4.78 is 13.0. The lowest BCUT2D eigenvalue weighted by Gasteiger charge is -2.41. The highest BCUT2D eigenvalue weighted by Gasteiger charge is 2.37. The monoisotopic (exact) mass is 745 g/mol. The lowest BCUT2D eigenvalue weighted by molar-refractivity contribution is -0.142. The molecule has 5 heterocycles. The fourth-order valence-electron chi connectivity index (χ4n) is 9.00. The zero-order valence-electron chi connectivity index (χ0n) is 31.1. The number of ether oxygens (including phenoxy) is 1. The van der Waals surface area contributed by atoms with Crippen LogP contribution in [0.1, 0.15) is 55.2 Å². The lowest BCUT2D eigenvalue weighted by Crippen LogP contribution is -2.52. The van der Waals surface area contributed by atoms with Crippen LogP contribution in [-0.4, -0.2) is 118 Å². The van der Waals surface area contributed by atoms with Crippen molar-refractivity contribution in [2.24, 2.45) is 18.9 Å². The van der Waals surface area contributed by atoms with Gasteiger partial charge in [0.05, 0.1) is 12.1 Å². The van der Waals surface area contributed by atoms with Gasteiger partial charge in [0.25, 0.3) is 11.8 Å². The van der Waals surface area contributed by atoms with Crippen LogP contribution in [0.15, 0.2) is 45.6 Å². The van der Waals surface area contributed by atoms with E-state index in [9.17, 15) is 24.0 Å². The van der Waals surface area contributed by atoms with Gasteiger partial charge in [-0.1, -0.05) is 24.3 Å². The molecule has 3 saturated heterocycles. The first-order valence-electron chi connectivity index (χ1n) is 19.2. The summed E-state index contributed by atoms with van der Waals surface area (Å²) in [6, 6.07) is 11.3. The van der Waals surface area contributed by atoms with Crippen LogP contribution in [-0.2, 0) is 34.2 Å². The molecule has 0 unspecified atom stereocenters. The van der Waals surface area contributed by atoms with Gasteiger partial charge in [0, 0.05) is 57.9 Å². The minimum absolute atomic E-state index is 0.0235. The molecule has 0 aliphatic carbocycles. The van der Waals surface area contributed by atoms with Gasteiger partial charge in [-0.25, -0.2) is 19.9 Å². The Kier molecular flexibility index (Phi) is 11.2. The third-order valence-corrected chi connectivity index (χ3v) is 12.0. The number of fused-ring (bicyclic) bond motifs is 2. The van der Waals surface area contributed by atoms with Crippen molar-refractivity contribution in [3.63, 3.8) is 0 Å². The first-order chi connectivity index (χ1) is 26.1. The lowest BCUT2D eigenvalue weighted by atomic mass is 9.78. The van der Waals surface area contributed by atoms with Crippen LogP contribution >= 0.6 is 0 Å². The minimum atomic E-state index is -1.07. The number of carbonyl (C=O) groups is 4. The van der Waals surface area contributed by atoms with Crippen LogP contribution in [0.25, 0.3) is 11.1 Å². The van der Waals surface area contributed by atoms with Crippen LogP contribution in [0.2, 0.25) is 0 Å². The number of rotatable bonds is 8.